The molecule has 0 aliphatic heterocycles. The van der Waals surface area contributed by atoms with Gasteiger partial charge in [-0.25, -0.2) is 9.18 Å². The van der Waals surface area contributed by atoms with Crippen LogP contribution in [0.2, 0.25) is 5.02 Å². The van der Waals surface area contributed by atoms with E-state index in [1.54, 1.807) is 12.1 Å². The van der Waals surface area contributed by atoms with Gasteiger partial charge in [-0.2, -0.15) is 0 Å². The first-order chi connectivity index (χ1) is 8.49. The third kappa shape index (κ3) is 2.36. The minimum Gasteiger partial charge on any atom is -0.478 e. The van der Waals surface area contributed by atoms with Gasteiger partial charge < -0.3 is 5.11 Å². The number of aryl methyl sites for hydroxylation is 1. The summed E-state index contributed by atoms with van der Waals surface area (Å²) in [5.41, 5.74) is 1.85. The van der Waals surface area contributed by atoms with Gasteiger partial charge in [-0.05, 0) is 31.2 Å². The van der Waals surface area contributed by atoms with Crippen molar-refractivity contribution >= 4 is 17.6 Å². The summed E-state index contributed by atoms with van der Waals surface area (Å²) in [6.07, 6.45) is 0. The van der Waals surface area contributed by atoms with Crippen LogP contribution in [-0.4, -0.2) is 11.1 Å². The van der Waals surface area contributed by atoms with Crippen LogP contribution in [0.4, 0.5) is 4.39 Å². The quantitative estimate of drug-likeness (QED) is 0.885. The molecule has 0 saturated carbocycles. The minimum atomic E-state index is -1.06. The molecule has 0 aliphatic carbocycles. The molecule has 0 fully saturated rings. The van der Waals surface area contributed by atoms with Gasteiger partial charge in [-0.1, -0.05) is 29.3 Å². The lowest BCUT2D eigenvalue weighted by atomic mass is 10.0. The van der Waals surface area contributed by atoms with Gasteiger partial charge in [0.2, 0.25) is 0 Å². The van der Waals surface area contributed by atoms with Crippen molar-refractivity contribution in [1.29, 1.82) is 0 Å². The van der Waals surface area contributed by atoms with Crippen LogP contribution >= 0.6 is 11.6 Å². The molecule has 4 heteroatoms. The van der Waals surface area contributed by atoms with Crippen LogP contribution in [-0.2, 0) is 0 Å². The van der Waals surface area contributed by atoms with Crippen molar-refractivity contribution in [3.05, 3.63) is 58.4 Å². The molecule has 0 amide bonds. The fraction of sp³-hybridized carbons (Fsp3) is 0.0714. The van der Waals surface area contributed by atoms with E-state index in [0.717, 1.165) is 5.56 Å². The highest BCUT2D eigenvalue weighted by Crippen LogP contribution is 2.31. The van der Waals surface area contributed by atoms with Crippen molar-refractivity contribution < 1.29 is 14.3 Å². The fourth-order valence-electron chi connectivity index (χ4n) is 1.71. The maximum absolute atomic E-state index is 13.7. The molecule has 2 nitrogen and oxygen atoms in total. The number of aromatic carboxylic acids is 1. The van der Waals surface area contributed by atoms with E-state index in [1.807, 2.05) is 6.92 Å². The number of carbonyl (C=O) groups is 1. The summed E-state index contributed by atoms with van der Waals surface area (Å²) in [5.74, 6) is -1.45. The summed E-state index contributed by atoms with van der Waals surface area (Å²) in [7, 11) is 0. The number of hydrogen-bond donors (Lipinski definition) is 1. The van der Waals surface area contributed by atoms with Gasteiger partial charge >= 0.3 is 5.97 Å². The maximum atomic E-state index is 13.7. The van der Waals surface area contributed by atoms with Gasteiger partial charge in [0.25, 0.3) is 0 Å². The summed E-state index contributed by atoms with van der Waals surface area (Å²) in [5, 5.41) is 9.06. The molecule has 0 aliphatic rings. The van der Waals surface area contributed by atoms with E-state index in [-0.39, 0.29) is 16.4 Å². The third-order valence-corrected chi connectivity index (χ3v) is 2.94. The highest BCUT2D eigenvalue weighted by molar-refractivity contribution is 6.33. The lowest BCUT2D eigenvalue weighted by Crippen LogP contribution is -1.96. The molecule has 92 valence electrons. The number of benzene rings is 2. The molecule has 0 bridgehead atoms. The Morgan fingerprint density at radius 3 is 2.50 bits per heavy atom. The molecule has 0 saturated heterocycles. The average molecular weight is 265 g/mol. The van der Waals surface area contributed by atoms with Crippen LogP contribution in [0, 0.1) is 12.7 Å². The van der Waals surface area contributed by atoms with Crippen molar-refractivity contribution in [2.45, 2.75) is 6.92 Å². The van der Waals surface area contributed by atoms with Crippen molar-refractivity contribution in [3.8, 4) is 11.1 Å². The van der Waals surface area contributed by atoms with Crippen LogP contribution in [0.1, 0.15) is 15.9 Å². The zero-order valence-corrected chi connectivity index (χ0v) is 10.3. The number of carboxylic acids is 1. The summed E-state index contributed by atoms with van der Waals surface area (Å²) in [6, 6.07) is 8.96. The number of hydrogen-bond acceptors (Lipinski definition) is 1. The zero-order valence-electron chi connectivity index (χ0n) is 9.58. The Morgan fingerprint density at radius 2 is 1.89 bits per heavy atom. The predicted molar refractivity (Wildman–Crippen MR) is 68.5 cm³/mol. The normalized spacial score (nSPS) is 10.4. The minimum absolute atomic E-state index is 0.0804. The summed E-state index contributed by atoms with van der Waals surface area (Å²) in [6.45, 7) is 1.85. The van der Waals surface area contributed by atoms with E-state index in [4.69, 9.17) is 16.7 Å². The zero-order chi connectivity index (χ0) is 13.3. The second-order valence-electron chi connectivity index (χ2n) is 3.98. The first kappa shape index (κ1) is 12.6. The van der Waals surface area contributed by atoms with Crippen LogP contribution in [0.5, 0.6) is 0 Å². The van der Waals surface area contributed by atoms with Crippen LogP contribution < -0.4 is 0 Å². The van der Waals surface area contributed by atoms with Gasteiger partial charge in [-0.3, -0.25) is 0 Å². The number of carboxylic acid groups (broad SMARTS) is 1. The molecule has 0 atom stereocenters. The largest absolute Gasteiger partial charge is 0.478 e. The van der Waals surface area contributed by atoms with Crippen molar-refractivity contribution in [2.24, 2.45) is 0 Å². The Bertz CT molecular complexity index is 623. The summed E-state index contributed by atoms with van der Waals surface area (Å²) >= 11 is 6.00. The van der Waals surface area contributed by atoms with Crippen molar-refractivity contribution in [3.63, 3.8) is 0 Å². The molecular weight excluding hydrogens is 255 g/mol. The van der Waals surface area contributed by atoms with Crippen molar-refractivity contribution in [2.75, 3.05) is 0 Å². The average Bonchev–Trinajstić information content (AvgIpc) is 2.32. The first-order valence-electron chi connectivity index (χ1n) is 5.28. The van der Waals surface area contributed by atoms with Gasteiger partial charge in [0.15, 0.2) is 0 Å². The SMILES string of the molecule is Cc1ccc(F)c(-c2ccc(C(=O)O)cc2Cl)c1. The van der Waals surface area contributed by atoms with Crippen LogP contribution in [0.3, 0.4) is 0 Å². The molecule has 18 heavy (non-hydrogen) atoms. The second-order valence-corrected chi connectivity index (χ2v) is 4.39. The molecule has 2 aromatic rings. The van der Waals surface area contributed by atoms with E-state index < -0.39 is 5.97 Å². The number of rotatable bonds is 2. The topological polar surface area (TPSA) is 37.3 Å². The standard InChI is InChI=1S/C14H10ClFO2/c1-8-2-5-13(16)11(6-8)10-4-3-9(14(17)18)7-12(10)15/h2-7H,1H3,(H,17,18). The highest BCUT2D eigenvalue weighted by Gasteiger charge is 2.11. The van der Waals surface area contributed by atoms with E-state index >= 15 is 0 Å². The Balaban J connectivity index is 2.58. The van der Waals surface area contributed by atoms with E-state index in [2.05, 4.69) is 0 Å². The Hall–Kier alpha value is -1.87. The molecule has 2 aromatic carbocycles. The second kappa shape index (κ2) is 4.78. The Morgan fingerprint density at radius 1 is 1.17 bits per heavy atom. The first-order valence-corrected chi connectivity index (χ1v) is 5.66. The lowest BCUT2D eigenvalue weighted by molar-refractivity contribution is 0.0697. The molecule has 0 heterocycles. The molecule has 0 spiro atoms. The molecule has 0 aromatic heterocycles. The van der Waals surface area contributed by atoms with E-state index in [1.165, 1.54) is 24.3 Å². The third-order valence-electron chi connectivity index (χ3n) is 2.63. The van der Waals surface area contributed by atoms with Crippen LogP contribution in [0.15, 0.2) is 36.4 Å². The molecule has 0 unspecified atom stereocenters. The molecular formula is C14H10ClFO2. The molecule has 1 N–H and O–H groups in total. The summed E-state index contributed by atoms with van der Waals surface area (Å²) in [4.78, 5) is 10.8. The smallest absolute Gasteiger partial charge is 0.335 e. The van der Waals surface area contributed by atoms with Crippen molar-refractivity contribution in [1.82, 2.24) is 0 Å². The maximum Gasteiger partial charge on any atom is 0.335 e. The fourth-order valence-corrected chi connectivity index (χ4v) is 1.99. The lowest BCUT2D eigenvalue weighted by Gasteiger charge is -2.08. The Labute approximate surface area is 109 Å². The summed E-state index contributed by atoms with van der Waals surface area (Å²) < 4.78 is 13.7. The predicted octanol–water partition coefficient (Wildman–Crippen LogP) is 4.15. The van der Waals surface area contributed by atoms with Gasteiger partial charge in [0.1, 0.15) is 5.82 Å². The van der Waals surface area contributed by atoms with Crippen LogP contribution in [0.25, 0.3) is 11.1 Å². The molecule has 0 radical (unpaired) electrons. The monoisotopic (exact) mass is 264 g/mol. The Kier molecular flexibility index (Phi) is 3.34. The van der Waals surface area contributed by atoms with E-state index in [0.29, 0.717) is 11.1 Å². The highest BCUT2D eigenvalue weighted by atomic mass is 35.5. The van der Waals surface area contributed by atoms with Gasteiger partial charge in [0.05, 0.1) is 5.56 Å². The van der Waals surface area contributed by atoms with E-state index in [9.17, 15) is 9.18 Å². The number of halogens is 2. The van der Waals surface area contributed by atoms with Gasteiger partial charge in [-0.15, -0.1) is 0 Å². The van der Waals surface area contributed by atoms with Gasteiger partial charge in [0, 0.05) is 16.1 Å². The molecule has 2 rings (SSSR count).